The summed E-state index contributed by atoms with van der Waals surface area (Å²) in [4.78, 5) is 2.33. The smallest absolute Gasteiger partial charge is 0.266 e. The van der Waals surface area contributed by atoms with Crippen LogP contribution in [0.5, 0.6) is 0 Å². The molecular formula is C19H20Cl2N2O2S. The number of anilines is 1. The van der Waals surface area contributed by atoms with Gasteiger partial charge in [0.1, 0.15) is 4.90 Å². The van der Waals surface area contributed by atoms with E-state index in [4.69, 9.17) is 23.2 Å². The Morgan fingerprint density at radius 1 is 1.12 bits per heavy atom. The van der Waals surface area contributed by atoms with Crippen molar-refractivity contribution in [1.29, 1.82) is 0 Å². The fourth-order valence-corrected chi connectivity index (χ4v) is 6.61. The van der Waals surface area contributed by atoms with Crippen molar-refractivity contribution >= 4 is 38.9 Å². The number of nitrogens with zero attached hydrogens (tertiary/aromatic N) is 2. The maximum absolute atomic E-state index is 13.6. The van der Waals surface area contributed by atoms with Crippen molar-refractivity contribution in [3.05, 3.63) is 57.6 Å². The molecule has 4 nitrogen and oxygen atoms in total. The molecule has 26 heavy (non-hydrogen) atoms. The Morgan fingerprint density at radius 3 is 2.65 bits per heavy atom. The predicted octanol–water partition coefficient (Wildman–Crippen LogP) is 4.30. The van der Waals surface area contributed by atoms with E-state index in [1.165, 1.54) is 12.1 Å². The van der Waals surface area contributed by atoms with Gasteiger partial charge in [-0.3, -0.25) is 4.31 Å². The summed E-state index contributed by atoms with van der Waals surface area (Å²) in [6.45, 7) is 3.74. The van der Waals surface area contributed by atoms with Gasteiger partial charge in [0, 0.05) is 17.5 Å². The normalized spacial score (nSPS) is 23.0. The Balaban J connectivity index is 1.89. The van der Waals surface area contributed by atoms with Crippen LogP contribution in [0.2, 0.25) is 10.0 Å². The Labute approximate surface area is 164 Å². The second kappa shape index (κ2) is 6.41. The molecule has 2 aromatic carbocycles. The van der Waals surface area contributed by atoms with Crippen LogP contribution in [0, 0.1) is 6.92 Å². The molecule has 2 aliphatic rings. The van der Waals surface area contributed by atoms with E-state index in [0.29, 0.717) is 5.02 Å². The van der Waals surface area contributed by atoms with Gasteiger partial charge in [-0.25, -0.2) is 8.42 Å². The third-order valence-corrected chi connectivity index (χ3v) is 7.89. The summed E-state index contributed by atoms with van der Waals surface area (Å²) in [5.74, 6) is 0.163. The van der Waals surface area contributed by atoms with E-state index >= 15 is 0 Å². The van der Waals surface area contributed by atoms with Crippen LogP contribution < -0.4 is 4.31 Å². The third kappa shape index (κ3) is 2.82. The van der Waals surface area contributed by atoms with Crippen LogP contribution in [0.15, 0.2) is 41.3 Å². The molecule has 0 N–H and O–H groups in total. The molecule has 2 atom stereocenters. The molecule has 4 rings (SSSR count). The van der Waals surface area contributed by atoms with Crippen molar-refractivity contribution in [1.82, 2.24) is 4.90 Å². The molecule has 0 aliphatic carbocycles. The highest BCUT2D eigenvalue weighted by Crippen LogP contribution is 2.48. The number of likely N-dealkylation sites (tertiary alicyclic amines) is 1. The highest BCUT2D eigenvalue weighted by atomic mass is 35.5. The zero-order valence-electron chi connectivity index (χ0n) is 14.6. The zero-order chi connectivity index (χ0) is 18.6. The molecule has 7 heteroatoms. The van der Waals surface area contributed by atoms with E-state index in [0.717, 1.165) is 36.3 Å². The summed E-state index contributed by atoms with van der Waals surface area (Å²) in [6.07, 6.45) is 0.784. The molecule has 0 spiro atoms. The zero-order valence-corrected chi connectivity index (χ0v) is 16.9. The van der Waals surface area contributed by atoms with Gasteiger partial charge < -0.3 is 4.90 Å². The first-order chi connectivity index (χ1) is 12.3. The number of piperidine rings is 1. The lowest BCUT2D eigenvalue weighted by molar-refractivity contribution is 0.237. The van der Waals surface area contributed by atoms with Gasteiger partial charge in [0.15, 0.2) is 0 Å². The molecule has 0 radical (unpaired) electrons. The van der Waals surface area contributed by atoms with Crippen molar-refractivity contribution in [3.8, 4) is 0 Å². The summed E-state index contributed by atoms with van der Waals surface area (Å²) >= 11 is 12.3. The Hall–Kier alpha value is -1.27. The van der Waals surface area contributed by atoms with Crippen LogP contribution in [0.1, 0.15) is 23.5 Å². The van der Waals surface area contributed by atoms with Gasteiger partial charge >= 0.3 is 0 Å². The van der Waals surface area contributed by atoms with E-state index in [1.54, 1.807) is 10.4 Å². The Morgan fingerprint density at radius 2 is 1.88 bits per heavy atom. The van der Waals surface area contributed by atoms with Crippen molar-refractivity contribution in [2.75, 3.05) is 24.4 Å². The van der Waals surface area contributed by atoms with Crippen molar-refractivity contribution < 1.29 is 8.42 Å². The van der Waals surface area contributed by atoms with E-state index < -0.39 is 10.0 Å². The van der Waals surface area contributed by atoms with Crippen LogP contribution in [0.25, 0.3) is 0 Å². The third-order valence-electron chi connectivity index (χ3n) is 5.33. The van der Waals surface area contributed by atoms with Crippen molar-refractivity contribution in [2.45, 2.75) is 30.2 Å². The number of likely N-dealkylation sites (N-methyl/N-ethyl adjacent to an activating group) is 1. The maximum Gasteiger partial charge on any atom is 0.266 e. The fraction of sp³-hybridized carbons (Fsp3) is 0.368. The molecule has 138 valence electrons. The lowest BCUT2D eigenvalue weighted by Gasteiger charge is -2.36. The summed E-state index contributed by atoms with van der Waals surface area (Å²) in [6, 6.07) is 10.5. The molecule has 0 saturated carbocycles. The first-order valence-electron chi connectivity index (χ1n) is 8.57. The van der Waals surface area contributed by atoms with Gasteiger partial charge in [-0.1, -0.05) is 40.9 Å². The number of hydrogen-bond acceptors (Lipinski definition) is 3. The molecule has 0 aromatic heterocycles. The second-order valence-corrected chi connectivity index (χ2v) is 9.79. The van der Waals surface area contributed by atoms with Crippen LogP contribution in [0.4, 0.5) is 5.69 Å². The fourth-order valence-electron chi connectivity index (χ4n) is 4.13. The molecule has 1 fully saturated rings. The predicted molar refractivity (Wildman–Crippen MR) is 106 cm³/mol. The largest absolute Gasteiger partial charge is 0.306 e. The molecule has 2 aliphatic heterocycles. The average Bonchev–Trinajstić information content (AvgIpc) is 2.90. The summed E-state index contributed by atoms with van der Waals surface area (Å²) in [7, 11) is -1.73. The number of fused-ring (bicyclic) bond motifs is 3. The maximum atomic E-state index is 13.6. The topological polar surface area (TPSA) is 40.6 Å². The standard InChI is InChI=1S/C19H20Cl2N2O2S/c1-12-3-6-17-14(9-12)15-11-22(2)8-7-18(15)23(17)26(24,25)19-10-13(20)4-5-16(19)21/h3-6,9-10,15,18H,7-8,11H2,1-2H3/t15-,18+/m1/s1. The lowest BCUT2D eigenvalue weighted by Crippen LogP contribution is -2.47. The quantitative estimate of drug-likeness (QED) is 0.740. The molecule has 2 heterocycles. The second-order valence-electron chi connectivity index (χ2n) is 7.16. The van der Waals surface area contributed by atoms with Gasteiger partial charge in [-0.2, -0.15) is 0 Å². The summed E-state index contributed by atoms with van der Waals surface area (Å²) in [5.41, 5.74) is 3.00. The van der Waals surface area contributed by atoms with Crippen LogP contribution in [-0.4, -0.2) is 39.5 Å². The first kappa shape index (κ1) is 18.1. The molecular weight excluding hydrogens is 391 g/mol. The van der Waals surface area contributed by atoms with E-state index in [2.05, 4.69) is 18.0 Å². The lowest BCUT2D eigenvalue weighted by atomic mass is 9.89. The van der Waals surface area contributed by atoms with Gasteiger partial charge in [0.2, 0.25) is 0 Å². The Bertz CT molecular complexity index is 977. The molecule has 0 bridgehead atoms. The van der Waals surface area contributed by atoms with Crippen LogP contribution in [-0.2, 0) is 10.0 Å². The van der Waals surface area contributed by atoms with Gasteiger partial charge in [0.25, 0.3) is 10.0 Å². The van der Waals surface area contributed by atoms with Gasteiger partial charge in [-0.05, 0) is 56.8 Å². The SMILES string of the molecule is Cc1ccc2c(c1)[C@H]1CN(C)CC[C@@H]1N2S(=O)(=O)c1cc(Cl)ccc1Cl. The van der Waals surface area contributed by atoms with Crippen LogP contribution in [0.3, 0.4) is 0 Å². The molecule has 2 aromatic rings. The molecule has 0 unspecified atom stereocenters. The number of benzene rings is 2. The van der Waals surface area contributed by atoms with Crippen LogP contribution >= 0.6 is 23.2 Å². The van der Waals surface area contributed by atoms with Crippen molar-refractivity contribution in [2.24, 2.45) is 0 Å². The minimum atomic E-state index is -3.81. The number of halogens is 2. The van der Waals surface area contributed by atoms with E-state index in [-0.39, 0.29) is 21.9 Å². The summed E-state index contributed by atoms with van der Waals surface area (Å²) < 4.78 is 28.7. The summed E-state index contributed by atoms with van der Waals surface area (Å²) in [5, 5.41) is 0.552. The number of rotatable bonds is 2. The monoisotopic (exact) mass is 410 g/mol. The molecule has 0 amide bonds. The highest BCUT2D eigenvalue weighted by Gasteiger charge is 2.47. The molecule has 1 saturated heterocycles. The van der Waals surface area contributed by atoms with Gasteiger partial charge in [-0.15, -0.1) is 0 Å². The number of aryl methyl sites for hydroxylation is 1. The Kier molecular flexibility index (Phi) is 4.47. The minimum absolute atomic E-state index is 0.0674. The van der Waals surface area contributed by atoms with E-state index in [9.17, 15) is 8.42 Å². The minimum Gasteiger partial charge on any atom is -0.306 e. The van der Waals surface area contributed by atoms with E-state index in [1.807, 2.05) is 19.1 Å². The first-order valence-corrected chi connectivity index (χ1v) is 10.8. The number of hydrogen-bond donors (Lipinski definition) is 0. The van der Waals surface area contributed by atoms with Gasteiger partial charge in [0.05, 0.1) is 16.8 Å². The van der Waals surface area contributed by atoms with Crippen molar-refractivity contribution in [3.63, 3.8) is 0 Å². The average molecular weight is 411 g/mol. The highest BCUT2D eigenvalue weighted by molar-refractivity contribution is 7.93. The number of sulfonamides is 1.